The Hall–Kier alpha value is -1.20. The molecule has 2 aliphatic heterocycles. The molecule has 0 N–H and O–H groups in total. The molecular formula is C20H35N5. The van der Waals surface area contributed by atoms with Gasteiger partial charge in [0, 0.05) is 55.7 Å². The maximum Gasteiger partial charge on any atom is 0.225 e. The van der Waals surface area contributed by atoms with Gasteiger partial charge in [0.15, 0.2) is 0 Å². The van der Waals surface area contributed by atoms with Gasteiger partial charge < -0.3 is 4.90 Å². The SMILES string of the molecule is CCC1CN(C(C)C)CC(CC)N1c1ncc(CN2CCCC2)cn1. The van der Waals surface area contributed by atoms with E-state index in [0.717, 1.165) is 38.4 Å². The molecule has 5 heteroatoms. The average Bonchev–Trinajstić information content (AvgIpc) is 3.14. The fourth-order valence-corrected chi connectivity index (χ4v) is 4.25. The van der Waals surface area contributed by atoms with Gasteiger partial charge in [0.1, 0.15) is 0 Å². The summed E-state index contributed by atoms with van der Waals surface area (Å²) < 4.78 is 0. The summed E-state index contributed by atoms with van der Waals surface area (Å²) in [5, 5.41) is 0. The van der Waals surface area contributed by atoms with E-state index in [-0.39, 0.29) is 0 Å². The van der Waals surface area contributed by atoms with Gasteiger partial charge >= 0.3 is 0 Å². The number of likely N-dealkylation sites (tertiary alicyclic amines) is 1. The predicted molar refractivity (Wildman–Crippen MR) is 104 cm³/mol. The van der Waals surface area contributed by atoms with Crippen LogP contribution < -0.4 is 4.90 Å². The highest BCUT2D eigenvalue weighted by Crippen LogP contribution is 2.26. The predicted octanol–water partition coefficient (Wildman–Crippen LogP) is 3.16. The van der Waals surface area contributed by atoms with E-state index in [0.29, 0.717) is 18.1 Å². The Balaban J connectivity index is 1.73. The molecule has 2 aliphatic rings. The van der Waals surface area contributed by atoms with Crippen molar-refractivity contribution in [1.82, 2.24) is 19.8 Å². The Labute approximate surface area is 153 Å². The smallest absolute Gasteiger partial charge is 0.225 e. The fourth-order valence-electron chi connectivity index (χ4n) is 4.25. The number of anilines is 1. The van der Waals surface area contributed by atoms with Gasteiger partial charge in [-0.15, -0.1) is 0 Å². The normalized spacial score (nSPS) is 25.9. The van der Waals surface area contributed by atoms with Crippen molar-refractivity contribution in [3.63, 3.8) is 0 Å². The monoisotopic (exact) mass is 345 g/mol. The Morgan fingerprint density at radius 3 is 2.04 bits per heavy atom. The maximum atomic E-state index is 4.78. The lowest BCUT2D eigenvalue weighted by atomic mass is 10.0. The van der Waals surface area contributed by atoms with Gasteiger partial charge in [-0.2, -0.15) is 0 Å². The Kier molecular flexibility index (Phi) is 6.29. The molecule has 3 heterocycles. The quantitative estimate of drug-likeness (QED) is 0.791. The number of rotatable bonds is 6. The molecule has 3 rings (SSSR count). The van der Waals surface area contributed by atoms with Gasteiger partial charge in [0.2, 0.25) is 5.95 Å². The lowest BCUT2D eigenvalue weighted by Crippen LogP contribution is -2.60. The van der Waals surface area contributed by atoms with Gasteiger partial charge in [-0.25, -0.2) is 9.97 Å². The summed E-state index contributed by atoms with van der Waals surface area (Å²) >= 11 is 0. The number of piperazine rings is 1. The highest BCUT2D eigenvalue weighted by molar-refractivity contribution is 5.35. The zero-order chi connectivity index (χ0) is 17.8. The van der Waals surface area contributed by atoms with Crippen molar-refractivity contribution in [2.45, 2.75) is 78.0 Å². The van der Waals surface area contributed by atoms with Crippen molar-refractivity contribution < 1.29 is 0 Å². The summed E-state index contributed by atoms with van der Waals surface area (Å²) in [5.41, 5.74) is 1.24. The first-order valence-electron chi connectivity index (χ1n) is 10.2. The van der Waals surface area contributed by atoms with Gasteiger partial charge in [-0.3, -0.25) is 9.80 Å². The van der Waals surface area contributed by atoms with Crippen LogP contribution in [0, 0.1) is 0 Å². The molecule has 2 unspecified atom stereocenters. The summed E-state index contributed by atoms with van der Waals surface area (Å²) in [5.74, 6) is 0.923. The van der Waals surface area contributed by atoms with Crippen LogP contribution >= 0.6 is 0 Å². The van der Waals surface area contributed by atoms with E-state index in [4.69, 9.17) is 9.97 Å². The lowest BCUT2D eigenvalue weighted by molar-refractivity contribution is 0.147. The topological polar surface area (TPSA) is 35.5 Å². The Morgan fingerprint density at radius 1 is 1.00 bits per heavy atom. The highest BCUT2D eigenvalue weighted by Gasteiger charge is 2.35. The van der Waals surface area contributed by atoms with E-state index in [1.165, 1.54) is 31.5 Å². The molecule has 1 aromatic rings. The molecular weight excluding hydrogens is 310 g/mol. The van der Waals surface area contributed by atoms with Crippen LogP contribution in [0.5, 0.6) is 0 Å². The van der Waals surface area contributed by atoms with Crippen molar-refractivity contribution >= 4 is 5.95 Å². The second-order valence-corrected chi connectivity index (χ2v) is 7.95. The number of aromatic nitrogens is 2. The molecule has 25 heavy (non-hydrogen) atoms. The Bertz CT molecular complexity index is 509. The molecule has 0 aromatic carbocycles. The van der Waals surface area contributed by atoms with Crippen molar-refractivity contribution in [1.29, 1.82) is 0 Å². The second kappa shape index (κ2) is 8.45. The standard InChI is InChI=1S/C20H35N5/c1-5-18-14-24(16(3)4)15-19(6-2)25(18)20-21-11-17(12-22-20)13-23-9-7-8-10-23/h11-12,16,18-19H,5-10,13-15H2,1-4H3. The van der Waals surface area contributed by atoms with E-state index in [1.54, 1.807) is 0 Å². The van der Waals surface area contributed by atoms with Crippen LogP contribution in [0.25, 0.3) is 0 Å². The molecule has 0 amide bonds. The van der Waals surface area contributed by atoms with Crippen LogP contribution in [0.3, 0.4) is 0 Å². The second-order valence-electron chi connectivity index (χ2n) is 7.95. The number of hydrogen-bond acceptors (Lipinski definition) is 5. The van der Waals surface area contributed by atoms with Crippen molar-refractivity contribution in [2.75, 3.05) is 31.1 Å². The number of nitrogens with zero attached hydrogens (tertiary/aromatic N) is 5. The van der Waals surface area contributed by atoms with E-state index >= 15 is 0 Å². The van der Waals surface area contributed by atoms with Crippen LogP contribution in [0.1, 0.15) is 58.9 Å². The van der Waals surface area contributed by atoms with Crippen molar-refractivity contribution in [3.8, 4) is 0 Å². The zero-order valence-corrected chi connectivity index (χ0v) is 16.5. The minimum atomic E-state index is 0.505. The third-order valence-electron chi connectivity index (χ3n) is 5.88. The van der Waals surface area contributed by atoms with Crippen LogP contribution in [0.4, 0.5) is 5.95 Å². The molecule has 0 aliphatic carbocycles. The molecule has 0 radical (unpaired) electrons. The maximum absolute atomic E-state index is 4.78. The number of hydrogen-bond donors (Lipinski definition) is 0. The van der Waals surface area contributed by atoms with E-state index < -0.39 is 0 Å². The molecule has 0 saturated carbocycles. The molecule has 2 atom stereocenters. The van der Waals surface area contributed by atoms with E-state index in [2.05, 4.69) is 54.8 Å². The van der Waals surface area contributed by atoms with E-state index in [1.807, 2.05) is 0 Å². The molecule has 0 bridgehead atoms. The molecule has 0 spiro atoms. The van der Waals surface area contributed by atoms with Crippen LogP contribution in [0.15, 0.2) is 12.4 Å². The molecule has 1 aromatic heterocycles. The van der Waals surface area contributed by atoms with Crippen LogP contribution in [0.2, 0.25) is 0 Å². The highest BCUT2D eigenvalue weighted by atomic mass is 15.4. The minimum Gasteiger partial charge on any atom is -0.332 e. The van der Waals surface area contributed by atoms with Gasteiger partial charge in [0.05, 0.1) is 0 Å². The third kappa shape index (κ3) is 4.32. The first-order chi connectivity index (χ1) is 12.1. The van der Waals surface area contributed by atoms with Crippen molar-refractivity contribution in [3.05, 3.63) is 18.0 Å². The zero-order valence-electron chi connectivity index (χ0n) is 16.5. The molecule has 140 valence electrons. The van der Waals surface area contributed by atoms with Crippen LogP contribution in [-0.4, -0.2) is 64.1 Å². The first kappa shape index (κ1) is 18.6. The van der Waals surface area contributed by atoms with Crippen molar-refractivity contribution in [2.24, 2.45) is 0 Å². The van der Waals surface area contributed by atoms with Crippen LogP contribution in [-0.2, 0) is 6.54 Å². The molecule has 5 nitrogen and oxygen atoms in total. The van der Waals surface area contributed by atoms with Gasteiger partial charge in [-0.1, -0.05) is 13.8 Å². The average molecular weight is 346 g/mol. The summed E-state index contributed by atoms with van der Waals surface area (Å²) in [6.07, 6.45) is 9.03. The third-order valence-corrected chi connectivity index (χ3v) is 5.88. The van der Waals surface area contributed by atoms with Gasteiger partial charge in [0.25, 0.3) is 0 Å². The summed E-state index contributed by atoms with van der Waals surface area (Å²) in [6.45, 7) is 14.8. The fraction of sp³-hybridized carbons (Fsp3) is 0.800. The minimum absolute atomic E-state index is 0.505. The van der Waals surface area contributed by atoms with E-state index in [9.17, 15) is 0 Å². The molecule has 2 saturated heterocycles. The summed E-state index contributed by atoms with van der Waals surface area (Å²) in [7, 11) is 0. The van der Waals surface area contributed by atoms with Gasteiger partial charge in [-0.05, 0) is 52.6 Å². The molecule has 2 fully saturated rings. The summed E-state index contributed by atoms with van der Waals surface area (Å²) in [6, 6.07) is 1.62. The lowest BCUT2D eigenvalue weighted by Gasteiger charge is -2.48. The summed E-state index contributed by atoms with van der Waals surface area (Å²) in [4.78, 5) is 17.2. The largest absolute Gasteiger partial charge is 0.332 e. The Morgan fingerprint density at radius 2 is 1.56 bits per heavy atom. The first-order valence-corrected chi connectivity index (χ1v) is 10.2.